The van der Waals surface area contributed by atoms with Gasteiger partial charge in [-0.25, -0.2) is 5.43 Å². The highest BCUT2D eigenvalue weighted by Gasteiger charge is 2.43. The number of hydrazine groups is 1. The van der Waals surface area contributed by atoms with Crippen molar-refractivity contribution in [2.24, 2.45) is 16.8 Å². The highest BCUT2D eigenvalue weighted by Crippen LogP contribution is 2.27. The van der Waals surface area contributed by atoms with E-state index >= 15 is 0 Å². The molecule has 0 aliphatic carbocycles. The summed E-state index contributed by atoms with van der Waals surface area (Å²) in [6, 6.07) is 10.4. The van der Waals surface area contributed by atoms with Gasteiger partial charge in [-0.3, -0.25) is 10.4 Å². The van der Waals surface area contributed by atoms with Crippen molar-refractivity contribution in [2.75, 3.05) is 5.01 Å². The van der Waals surface area contributed by atoms with Gasteiger partial charge in [-0.2, -0.15) is 5.10 Å². The van der Waals surface area contributed by atoms with Gasteiger partial charge in [0.2, 0.25) is 0 Å². The SMILES string of the molecule is CC1NN(c2ccccc2)C2=NNC(N)C21. The summed E-state index contributed by atoms with van der Waals surface area (Å²) in [5, 5.41) is 6.30. The zero-order chi connectivity index (χ0) is 11.1. The van der Waals surface area contributed by atoms with E-state index in [1.165, 1.54) is 0 Å². The minimum Gasteiger partial charge on any atom is -0.310 e. The predicted octanol–water partition coefficient (Wildman–Crippen LogP) is 0.217. The van der Waals surface area contributed by atoms with Gasteiger partial charge in [0.15, 0.2) is 5.84 Å². The molecule has 0 bridgehead atoms. The third-order valence-electron chi connectivity index (χ3n) is 3.13. The highest BCUT2D eigenvalue weighted by molar-refractivity contribution is 6.02. The molecule has 5 nitrogen and oxygen atoms in total. The standard InChI is InChI=1S/C11H15N5/c1-7-9-10(12)13-14-11(9)16(15-7)8-5-3-2-4-6-8/h2-7,9-10,13,15H,12H2,1H3. The average Bonchev–Trinajstić information content (AvgIpc) is 2.83. The van der Waals surface area contributed by atoms with Crippen LogP contribution in [0.2, 0.25) is 0 Å². The van der Waals surface area contributed by atoms with Crippen molar-refractivity contribution < 1.29 is 0 Å². The summed E-state index contributed by atoms with van der Waals surface area (Å²) in [6.07, 6.45) is -0.0915. The maximum absolute atomic E-state index is 5.96. The van der Waals surface area contributed by atoms with Gasteiger partial charge in [-0.15, -0.1) is 0 Å². The number of nitrogens with zero attached hydrogens (tertiary/aromatic N) is 2. The number of hydrogen-bond acceptors (Lipinski definition) is 5. The van der Waals surface area contributed by atoms with Crippen LogP contribution in [0.15, 0.2) is 35.4 Å². The van der Waals surface area contributed by atoms with Gasteiger partial charge in [-0.05, 0) is 19.1 Å². The van der Waals surface area contributed by atoms with Gasteiger partial charge < -0.3 is 5.73 Å². The van der Waals surface area contributed by atoms with Crippen LogP contribution in [0.1, 0.15) is 6.92 Å². The molecule has 16 heavy (non-hydrogen) atoms. The van der Waals surface area contributed by atoms with Crippen LogP contribution in [-0.4, -0.2) is 18.0 Å². The van der Waals surface area contributed by atoms with Gasteiger partial charge in [0.05, 0.1) is 11.6 Å². The second-order valence-electron chi connectivity index (χ2n) is 4.24. The quantitative estimate of drug-likeness (QED) is 0.629. The molecule has 2 heterocycles. The van der Waals surface area contributed by atoms with Crippen LogP contribution in [0.4, 0.5) is 5.69 Å². The smallest absolute Gasteiger partial charge is 0.151 e. The average molecular weight is 217 g/mol. The number of nitrogens with two attached hydrogens (primary N) is 1. The zero-order valence-corrected chi connectivity index (χ0v) is 9.09. The second kappa shape index (κ2) is 3.47. The number of anilines is 1. The fourth-order valence-corrected chi connectivity index (χ4v) is 2.32. The van der Waals surface area contributed by atoms with Crippen LogP contribution in [0.3, 0.4) is 0 Å². The molecule has 1 fully saturated rings. The molecule has 3 atom stereocenters. The van der Waals surface area contributed by atoms with Crippen molar-refractivity contribution in [2.45, 2.75) is 19.1 Å². The first-order valence-corrected chi connectivity index (χ1v) is 5.47. The Kier molecular flexibility index (Phi) is 2.08. The molecule has 1 aromatic carbocycles. The molecular weight excluding hydrogens is 202 g/mol. The molecule has 4 N–H and O–H groups in total. The van der Waals surface area contributed by atoms with Crippen LogP contribution in [0.25, 0.3) is 0 Å². The fraction of sp³-hybridized carbons (Fsp3) is 0.364. The van der Waals surface area contributed by atoms with E-state index in [2.05, 4.69) is 35.0 Å². The number of para-hydroxylation sites is 1. The van der Waals surface area contributed by atoms with E-state index in [9.17, 15) is 0 Å². The van der Waals surface area contributed by atoms with E-state index in [-0.39, 0.29) is 12.1 Å². The summed E-state index contributed by atoms with van der Waals surface area (Å²) >= 11 is 0. The summed E-state index contributed by atoms with van der Waals surface area (Å²) in [5.74, 6) is 1.21. The molecule has 0 amide bonds. The lowest BCUT2D eigenvalue weighted by atomic mass is 10.0. The molecule has 0 spiro atoms. The van der Waals surface area contributed by atoms with Gasteiger partial charge >= 0.3 is 0 Å². The Hall–Kier alpha value is -1.59. The number of rotatable bonds is 1. The lowest BCUT2D eigenvalue weighted by Gasteiger charge is -2.18. The van der Waals surface area contributed by atoms with Crippen LogP contribution in [0.5, 0.6) is 0 Å². The molecule has 1 saturated heterocycles. The highest BCUT2D eigenvalue weighted by atomic mass is 15.6. The lowest BCUT2D eigenvalue weighted by Crippen LogP contribution is -2.43. The summed E-state index contributed by atoms with van der Waals surface area (Å²) in [7, 11) is 0. The van der Waals surface area contributed by atoms with Crippen LogP contribution in [-0.2, 0) is 0 Å². The molecule has 2 aliphatic rings. The van der Waals surface area contributed by atoms with Gasteiger partial charge in [0.25, 0.3) is 0 Å². The van der Waals surface area contributed by atoms with E-state index in [0.717, 1.165) is 11.5 Å². The molecule has 84 valence electrons. The molecule has 3 unspecified atom stereocenters. The van der Waals surface area contributed by atoms with Crippen LogP contribution < -0.4 is 21.6 Å². The maximum atomic E-state index is 5.96. The first-order valence-electron chi connectivity index (χ1n) is 5.47. The Morgan fingerprint density at radius 3 is 2.81 bits per heavy atom. The number of amidine groups is 1. The van der Waals surface area contributed by atoms with Crippen molar-refractivity contribution in [3.8, 4) is 0 Å². The van der Waals surface area contributed by atoms with Crippen molar-refractivity contribution in [3.63, 3.8) is 0 Å². The molecule has 2 aliphatic heterocycles. The van der Waals surface area contributed by atoms with Gasteiger partial charge in [0, 0.05) is 6.04 Å². The first kappa shape index (κ1) is 9.62. The van der Waals surface area contributed by atoms with E-state index in [1.54, 1.807) is 0 Å². The summed E-state index contributed by atoms with van der Waals surface area (Å²) in [5.41, 5.74) is 13.4. The summed E-state index contributed by atoms with van der Waals surface area (Å²) in [6.45, 7) is 2.12. The Morgan fingerprint density at radius 2 is 2.06 bits per heavy atom. The third-order valence-corrected chi connectivity index (χ3v) is 3.13. The maximum Gasteiger partial charge on any atom is 0.151 e. The van der Waals surface area contributed by atoms with Crippen molar-refractivity contribution >= 4 is 11.5 Å². The molecular formula is C11H15N5. The van der Waals surface area contributed by atoms with E-state index < -0.39 is 0 Å². The number of nitrogens with one attached hydrogen (secondary N) is 2. The van der Waals surface area contributed by atoms with Gasteiger partial charge in [0.1, 0.15) is 6.17 Å². The second-order valence-corrected chi connectivity index (χ2v) is 4.24. The normalized spacial score (nSPS) is 32.2. The Bertz CT molecular complexity index is 416. The van der Waals surface area contributed by atoms with Crippen molar-refractivity contribution in [1.29, 1.82) is 0 Å². The first-order chi connectivity index (χ1) is 7.77. The van der Waals surface area contributed by atoms with Crippen LogP contribution >= 0.6 is 0 Å². The van der Waals surface area contributed by atoms with Crippen molar-refractivity contribution in [1.82, 2.24) is 10.9 Å². The molecule has 0 saturated carbocycles. The van der Waals surface area contributed by atoms with E-state index in [1.807, 2.05) is 23.2 Å². The topological polar surface area (TPSA) is 65.7 Å². The predicted molar refractivity (Wildman–Crippen MR) is 63.6 cm³/mol. The van der Waals surface area contributed by atoms with Gasteiger partial charge in [-0.1, -0.05) is 18.2 Å². The lowest BCUT2D eigenvalue weighted by molar-refractivity contribution is 0.419. The number of fused-ring (bicyclic) bond motifs is 1. The molecule has 3 rings (SSSR count). The molecule has 1 aromatic rings. The Morgan fingerprint density at radius 1 is 1.31 bits per heavy atom. The molecule has 5 heteroatoms. The van der Waals surface area contributed by atoms with Crippen molar-refractivity contribution in [3.05, 3.63) is 30.3 Å². The largest absolute Gasteiger partial charge is 0.310 e. The minimum absolute atomic E-state index is 0.0915. The fourth-order valence-electron chi connectivity index (χ4n) is 2.32. The molecule has 0 radical (unpaired) electrons. The van der Waals surface area contributed by atoms with Crippen LogP contribution in [0, 0.1) is 5.92 Å². The Balaban J connectivity index is 1.95. The zero-order valence-electron chi connectivity index (χ0n) is 9.09. The minimum atomic E-state index is -0.0915. The summed E-state index contributed by atoms with van der Waals surface area (Å²) < 4.78 is 0. The Labute approximate surface area is 94.3 Å². The number of hydrogen-bond donors (Lipinski definition) is 3. The summed E-state index contributed by atoms with van der Waals surface area (Å²) in [4.78, 5) is 0. The number of hydrazone groups is 1. The number of benzene rings is 1. The molecule has 0 aromatic heterocycles. The monoisotopic (exact) mass is 217 g/mol. The van der Waals surface area contributed by atoms with E-state index in [4.69, 9.17) is 5.73 Å². The van der Waals surface area contributed by atoms with E-state index in [0.29, 0.717) is 6.04 Å². The third kappa shape index (κ3) is 1.29.